The minimum atomic E-state index is -0.363. The summed E-state index contributed by atoms with van der Waals surface area (Å²) in [4.78, 5) is 11.6. The average molecular weight is 252 g/mol. The van der Waals surface area contributed by atoms with Crippen LogP contribution in [-0.2, 0) is 9.53 Å². The van der Waals surface area contributed by atoms with E-state index in [2.05, 4.69) is 5.43 Å². The van der Waals surface area contributed by atoms with Crippen molar-refractivity contribution in [3.8, 4) is 0 Å². The van der Waals surface area contributed by atoms with Gasteiger partial charge in [-0.15, -0.1) is 0 Å². The minimum absolute atomic E-state index is 0.175. The summed E-state index contributed by atoms with van der Waals surface area (Å²) in [5.41, 5.74) is 2.22. The molecule has 0 aromatic heterocycles. The van der Waals surface area contributed by atoms with Gasteiger partial charge in [0.05, 0.1) is 6.10 Å². The normalized spacial score (nSPS) is 42.9. The van der Waals surface area contributed by atoms with Crippen LogP contribution in [-0.4, -0.2) is 18.1 Å². The van der Waals surface area contributed by atoms with Crippen LogP contribution in [0.15, 0.2) is 0 Å². The third-order valence-corrected chi connectivity index (χ3v) is 5.27. The number of amides is 1. The zero-order chi connectivity index (χ0) is 12.7. The Bertz CT molecular complexity index is 304. The van der Waals surface area contributed by atoms with Gasteiger partial charge >= 0.3 is 0 Å². The zero-order valence-corrected chi connectivity index (χ0v) is 11.1. The van der Waals surface area contributed by atoms with Crippen molar-refractivity contribution in [3.63, 3.8) is 0 Å². The van der Waals surface area contributed by atoms with Gasteiger partial charge in [-0.25, -0.2) is 5.84 Å². The van der Waals surface area contributed by atoms with Crippen LogP contribution in [0.3, 0.4) is 0 Å². The van der Waals surface area contributed by atoms with E-state index in [-0.39, 0.29) is 12.0 Å². The maximum absolute atomic E-state index is 11.6. The van der Waals surface area contributed by atoms with Gasteiger partial charge in [-0.2, -0.15) is 0 Å². The highest BCUT2D eigenvalue weighted by atomic mass is 16.5. The molecule has 0 spiro atoms. The van der Waals surface area contributed by atoms with Crippen LogP contribution in [0.25, 0.3) is 0 Å². The summed E-state index contributed by atoms with van der Waals surface area (Å²) in [7, 11) is 0. The predicted molar refractivity (Wildman–Crippen MR) is 68.3 cm³/mol. The summed E-state index contributed by atoms with van der Waals surface area (Å²) in [5, 5.41) is 0. The lowest BCUT2D eigenvalue weighted by atomic mass is 9.55. The third-order valence-electron chi connectivity index (χ3n) is 5.27. The molecule has 4 heteroatoms. The van der Waals surface area contributed by atoms with Gasteiger partial charge in [0.1, 0.15) is 6.10 Å². The van der Waals surface area contributed by atoms with Crippen molar-refractivity contribution in [2.45, 2.75) is 57.7 Å². The van der Waals surface area contributed by atoms with Crippen molar-refractivity contribution in [1.82, 2.24) is 5.43 Å². The Kier molecular flexibility index (Phi) is 3.32. The van der Waals surface area contributed by atoms with E-state index in [0.29, 0.717) is 24.4 Å². The Hall–Kier alpha value is -0.610. The topological polar surface area (TPSA) is 64.3 Å². The highest BCUT2D eigenvalue weighted by molar-refractivity contribution is 5.80. The van der Waals surface area contributed by atoms with Crippen LogP contribution in [0.4, 0.5) is 0 Å². The molecule has 4 rings (SSSR count). The first-order chi connectivity index (χ1) is 8.71. The fourth-order valence-electron chi connectivity index (χ4n) is 4.72. The first-order valence-corrected chi connectivity index (χ1v) is 7.37. The molecule has 4 aliphatic carbocycles. The first kappa shape index (κ1) is 12.4. The fourth-order valence-corrected chi connectivity index (χ4v) is 4.72. The molecule has 18 heavy (non-hydrogen) atoms. The van der Waals surface area contributed by atoms with Gasteiger partial charge in [0.15, 0.2) is 0 Å². The molecule has 0 aliphatic heterocycles. The molecular formula is C14H24N2O2. The van der Waals surface area contributed by atoms with E-state index in [4.69, 9.17) is 10.6 Å². The third kappa shape index (κ3) is 2.05. The van der Waals surface area contributed by atoms with Crippen LogP contribution >= 0.6 is 0 Å². The van der Waals surface area contributed by atoms with E-state index in [1.165, 1.54) is 32.1 Å². The van der Waals surface area contributed by atoms with E-state index in [0.717, 1.165) is 11.8 Å². The second kappa shape index (κ2) is 4.82. The smallest absolute Gasteiger partial charge is 0.262 e. The molecule has 1 atom stereocenters. The average Bonchev–Trinajstić information content (AvgIpc) is 2.36. The second-order valence-corrected chi connectivity index (χ2v) is 6.44. The molecule has 0 heterocycles. The number of carbonyl (C=O) groups excluding carboxylic acids is 1. The number of hydrazine groups is 1. The van der Waals surface area contributed by atoms with E-state index >= 15 is 0 Å². The Labute approximate surface area is 109 Å². The quantitative estimate of drug-likeness (QED) is 0.454. The first-order valence-electron chi connectivity index (χ1n) is 7.37. The van der Waals surface area contributed by atoms with Crippen molar-refractivity contribution in [3.05, 3.63) is 0 Å². The molecule has 4 saturated carbocycles. The van der Waals surface area contributed by atoms with Crippen LogP contribution in [0, 0.1) is 23.7 Å². The second-order valence-electron chi connectivity index (χ2n) is 6.44. The van der Waals surface area contributed by atoms with Gasteiger partial charge in [-0.1, -0.05) is 6.92 Å². The highest BCUT2D eigenvalue weighted by Gasteiger charge is 2.49. The molecule has 4 aliphatic rings. The summed E-state index contributed by atoms with van der Waals surface area (Å²) in [6, 6.07) is 0. The van der Waals surface area contributed by atoms with Gasteiger partial charge in [0.25, 0.3) is 5.91 Å². The van der Waals surface area contributed by atoms with E-state index < -0.39 is 0 Å². The lowest BCUT2D eigenvalue weighted by molar-refractivity contribution is -0.165. The van der Waals surface area contributed by atoms with Gasteiger partial charge in [-0.05, 0) is 62.2 Å². The summed E-state index contributed by atoms with van der Waals surface area (Å²) >= 11 is 0. The lowest BCUT2D eigenvalue weighted by Crippen LogP contribution is -2.52. The zero-order valence-electron chi connectivity index (χ0n) is 11.1. The Morgan fingerprint density at radius 1 is 1.22 bits per heavy atom. The molecular weight excluding hydrogens is 228 g/mol. The van der Waals surface area contributed by atoms with Crippen molar-refractivity contribution in [2.24, 2.45) is 29.5 Å². The van der Waals surface area contributed by atoms with E-state index in [1.54, 1.807) is 0 Å². The Balaban J connectivity index is 1.67. The largest absolute Gasteiger partial charge is 0.365 e. The molecule has 4 nitrogen and oxygen atoms in total. The lowest BCUT2D eigenvalue weighted by Gasteiger charge is -2.54. The molecule has 4 bridgehead atoms. The van der Waals surface area contributed by atoms with Crippen LogP contribution in [0.5, 0.6) is 0 Å². The Morgan fingerprint density at radius 3 is 2.22 bits per heavy atom. The minimum Gasteiger partial charge on any atom is -0.365 e. The highest BCUT2D eigenvalue weighted by Crippen LogP contribution is 2.54. The summed E-state index contributed by atoms with van der Waals surface area (Å²) < 4.78 is 6.14. The number of carbonyl (C=O) groups is 1. The maximum atomic E-state index is 11.6. The van der Waals surface area contributed by atoms with Crippen LogP contribution < -0.4 is 11.3 Å². The Morgan fingerprint density at radius 2 is 1.78 bits per heavy atom. The number of rotatable bonds is 4. The number of hydrogen-bond acceptors (Lipinski definition) is 3. The molecule has 4 fully saturated rings. The van der Waals surface area contributed by atoms with E-state index in [9.17, 15) is 4.79 Å². The maximum Gasteiger partial charge on any atom is 0.262 e. The van der Waals surface area contributed by atoms with Crippen LogP contribution in [0.1, 0.15) is 45.4 Å². The SMILES string of the molecule is CCC(OC1C2CC3CC(C2)CC1C3)C(=O)NN. The number of hydrogen-bond donors (Lipinski definition) is 2. The molecule has 3 N–H and O–H groups in total. The molecule has 0 aromatic rings. The summed E-state index contributed by atoms with van der Waals surface area (Å²) in [6.07, 6.45) is 7.36. The monoisotopic (exact) mass is 252 g/mol. The van der Waals surface area contributed by atoms with Crippen molar-refractivity contribution < 1.29 is 9.53 Å². The number of nitrogens with one attached hydrogen (secondary N) is 1. The molecule has 0 aromatic carbocycles. The van der Waals surface area contributed by atoms with Gasteiger partial charge < -0.3 is 4.74 Å². The molecule has 1 amide bonds. The van der Waals surface area contributed by atoms with Crippen molar-refractivity contribution in [1.29, 1.82) is 0 Å². The number of nitrogens with two attached hydrogens (primary N) is 1. The molecule has 0 radical (unpaired) electrons. The van der Waals surface area contributed by atoms with Gasteiger partial charge in [0.2, 0.25) is 0 Å². The standard InChI is InChI=1S/C14H24N2O2/c1-2-12(14(17)16-15)18-13-10-4-8-3-9(6-10)7-11(13)5-8/h8-13H,2-7,15H2,1H3,(H,16,17). The molecule has 1 unspecified atom stereocenters. The molecule has 0 saturated heterocycles. The van der Waals surface area contributed by atoms with Crippen molar-refractivity contribution in [2.75, 3.05) is 0 Å². The molecule has 102 valence electrons. The predicted octanol–water partition coefficient (Wildman–Crippen LogP) is 1.60. The van der Waals surface area contributed by atoms with E-state index in [1.807, 2.05) is 6.92 Å². The van der Waals surface area contributed by atoms with Crippen LogP contribution in [0.2, 0.25) is 0 Å². The summed E-state index contributed by atoms with van der Waals surface area (Å²) in [6.45, 7) is 1.98. The van der Waals surface area contributed by atoms with Gasteiger partial charge in [-0.3, -0.25) is 10.2 Å². The summed E-state index contributed by atoms with van der Waals surface area (Å²) in [5.74, 6) is 8.32. The number of ether oxygens (including phenoxy) is 1. The van der Waals surface area contributed by atoms with Gasteiger partial charge in [0, 0.05) is 0 Å². The van der Waals surface area contributed by atoms with Crippen molar-refractivity contribution >= 4 is 5.91 Å². The fraction of sp³-hybridized carbons (Fsp3) is 0.929.